The lowest BCUT2D eigenvalue weighted by molar-refractivity contribution is -0.145. The number of thioether (sulfide) groups is 1. The van der Waals surface area contributed by atoms with Gasteiger partial charge in [-0.1, -0.05) is 0 Å². The number of carboxylic acid groups (broad SMARTS) is 1. The number of amides is 2. The molecule has 3 N–H and O–H groups in total. The summed E-state index contributed by atoms with van der Waals surface area (Å²) >= 11 is 1.11. The Hall–Kier alpha value is -2.22. The Morgan fingerprint density at radius 1 is 1.13 bits per heavy atom. The zero-order valence-electron chi connectivity index (χ0n) is 13.2. The summed E-state index contributed by atoms with van der Waals surface area (Å²) < 4.78 is 5.02. The van der Waals surface area contributed by atoms with Gasteiger partial charge in [0.05, 0.1) is 18.6 Å². The summed E-state index contributed by atoms with van der Waals surface area (Å²) in [5.74, 6) is -1.01. The summed E-state index contributed by atoms with van der Waals surface area (Å²) in [4.78, 5) is 34.3. The largest absolute Gasteiger partial charge is 0.497 e. The molecular formula is C15H20N2O5S. The summed E-state index contributed by atoms with van der Waals surface area (Å²) in [5.41, 5.74) is -0.698. The number of ether oxygens (including phenoxy) is 1. The molecule has 0 aliphatic rings. The van der Waals surface area contributed by atoms with E-state index in [-0.39, 0.29) is 17.4 Å². The van der Waals surface area contributed by atoms with Crippen LogP contribution in [0.3, 0.4) is 0 Å². The SMILES string of the molecule is COc1ccc(NC(=O)CSCC(=O)NC(C)(C)C(=O)O)cc1. The quantitative estimate of drug-likeness (QED) is 0.660. The van der Waals surface area contributed by atoms with E-state index >= 15 is 0 Å². The van der Waals surface area contributed by atoms with Crippen LogP contribution in [0.25, 0.3) is 0 Å². The first-order chi connectivity index (χ1) is 10.7. The van der Waals surface area contributed by atoms with Crippen LogP contribution in [0.4, 0.5) is 5.69 Å². The van der Waals surface area contributed by atoms with Crippen LogP contribution in [0.15, 0.2) is 24.3 Å². The van der Waals surface area contributed by atoms with Crippen LogP contribution in [0, 0.1) is 0 Å². The molecule has 2 amide bonds. The van der Waals surface area contributed by atoms with Gasteiger partial charge in [0.25, 0.3) is 0 Å². The summed E-state index contributed by atoms with van der Waals surface area (Å²) in [5, 5.41) is 14.0. The van der Waals surface area contributed by atoms with Gasteiger partial charge in [0.1, 0.15) is 11.3 Å². The van der Waals surface area contributed by atoms with Crippen molar-refractivity contribution in [1.29, 1.82) is 0 Å². The van der Waals surface area contributed by atoms with Gasteiger partial charge in [-0.25, -0.2) is 4.79 Å². The fourth-order valence-corrected chi connectivity index (χ4v) is 2.16. The highest BCUT2D eigenvalue weighted by molar-refractivity contribution is 8.00. The van der Waals surface area contributed by atoms with Crippen molar-refractivity contribution in [2.24, 2.45) is 0 Å². The molecule has 0 saturated carbocycles. The van der Waals surface area contributed by atoms with E-state index in [0.717, 1.165) is 11.8 Å². The van der Waals surface area contributed by atoms with Crippen LogP contribution < -0.4 is 15.4 Å². The second-order valence-corrected chi connectivity index (χ2v) is 6.23. The predicted molar refractivity (Wildman–Crippen MR) is 88.8 cm³/mol. The maximum atomic E-state index is 11.8. The van der Waals surface area contributed by atoms with Gasteiger partial charge in [-0.15, -0.1) is 11.8 Å². The van der Waals surface area contributed by atoms with E-state index in [1.165, 1.54) is 13.8 Å². The molecule has 0 aliphatic carbocycles. The average Bonchev–Trinajstić information content (AvgIpc) is 2.47. The molecule has 0 unspecified atom stereocenters. The molecule has 1 aromatic carbocycles. The lowest BCUT2D eigenvalue weighted by Crippen LogP contribution is -2.50. The number of carbonyl (C=O) groups excluding carboxylic acids is 2. The van der Waals surface area contributed by atoms with Crippen LogP contribution in [-0.4, -0.2) is 47.0 Å². The van der Waals surface area contributed by atoms with E-state index in [1.54, 1.807) is 31.4 Å². The number of hydrogen-bond donors (Lipinski definition) is 3. The van der Waals surface area contributed by atoms with Gasteiger partial charge < -0.3 is 20.5 Å². The van der Waals surface area contributed by atoms with Crippen molar-refractivity contribution in [1.82, 2.24) is 5.32 Å². The standard InChI is InChI=1S/C15H20N2O5S/c1-15(2,14(20)21)17-13(19)9-23-8-12(18)16-10-4-6-11(22-3)7-5-10/h4-7H,8-9H2,1-3H3,(H,16,18)(H,17,19)(H,20,21). The third kappa shape index (κ3) is 6.60. The number of carbonyl (C=O) groups is 3. The maximum Gasteiger partial charge on any atom is 0.328 e. The molecule has 0 bridgehead atoms. The third-order valence-corrected chi connectivity index (χ3v) is 3.76. The molecule has 1 aromatic rings. The minimum absolute atomic E-state index is 0.00669. The number of nitrogens with one attached hydrogen (secondary N) is 2. The number of methoxy groups -OCH3 is 1. The van der Waals surface area contributed by atoms with Gasteiger partial charge >= 0.3 is 5.97 Å². The van der Waals surface area contributed by atoms with E-state index < -0.39 is 17.4 Å². The molecule has 1 rings (SSSR count). The van der Waals surface area contributed by atoms with Crippen LogP contribution in [0.1, 0.15) is 13.8 Å². The first kappa shape index (κ1) is 18.8. The highest BCUT2D eigenvalue weighted by Gasteiger charge is 2.28. The Balaban J connectivity index is 2.33. The van der Waals surface area contributed by atoms with Gasteiger partial charge in [-0.05, 0) is 38.1 Å². The van der Waals surface area contributed by atoms with E-state index in [9.17, 15) is 14.4 Å². The van der Waals surface area contributed by atoms with Crippen molar-refractivity contribution in [3.63, 3.8) is 0 Å². The van der Waals surface area contributed by atoms with Crippen LogP contribution in [0.5, 0.6) is 5.75 Å². The Bertz CT molecular complexity index is 572. The Labute approximate surface area is 138 Å². The third-order valence-electron chi connectivity index (χ3n) is 2.83. The topological polar surface area (TPSA) is 105 Å². The van der Waals surface area contributed by atoms with Crippen molar-refractivity contribution in [2.75, 3.05) is 23.9 Å². The van der Waals surface area contributed by atoms with Gasteiger partial charge in [-0.2, -0.15) is 0 Å². The van der Waals surface area contributed by atoms with Crippen LogP contribution in [-0.2, 0) is 14.4 Å². The smallest absolute Gasteiger partial charge is 0.328 e. The van der Waals surface area contributed by atoms with Crippen LogP contribution >= 0.6 is 11.8 Å². The molecule has 0 fully saturated rings. The highest BCUT2D eigenvalue weighted by Crippen LogP contribution is 2.15. The van der Waals surface area contributed by atoms with E-state index in [2.05, 4.69) is 10.6 Å². The molecule has 126 valence electrons. The number of anilines is 1. The minimum Gasteiger partial charge on any atom is -0.497 e. The molecule has 8 heteroatoms. The molecular weight excluding hydrogens is 320 g/mol. The molecule has 0 saturated heterocycles. The maximum absolute atomic E-state index is 11.8. The van der Waals surface area contributed by atoms with Crippen molar-refractivity contribution >= 4 is 35.2 Å². The predicted octanol–water partition coefficient (Wildman–Crippen LogP) is 1.35. The fraction of sp³-hybridized carbons (Fsp3) is 0.400. The van der Waals surface area contributed by atoms with Crippen molar-refractivity contribution < 1.29 is 24.2 Å². The molecule has 0 atom stereocenters. The molecule has 23 heavy (non-hydrogen) atoms. The lowest BCUT2D eigenvalue weighted by atomic mass is 10.1. The second-order valence-electron chi connectivity index (χ2n) is 5.25. The molecule has 0 aliphatic heterocycles. The molecule has 0 spiro atoms. The minimum atomic E-state index is -1.33. The fourth-order valence-electron chi connectivity index (χ4n) is 1.55. The second kappa shape index (κ2) is 8.42. The van der Waals surface area contributed by atoms with Crippen LogP contribution in [0.2, 0.25) is 0 Å². The van der Waals surface area contributed by atoms with Crippen molar-refractivity contribution in [3.8, 4) is 5.75 Å². The normalized spacial score (nSPS) is 10.7. The zero-order chi connectivity index (χ0) is 17.5. The average molecular weight is 340 g/mol. The number of carboxylic acids is 1. The first-order valence-electron chi connectivity index (χ1n) is 6.80. The molecule has 0 aromatic heterocycles. The molecule has 0 heterocycles. The number of aliphatic carboxylic acids is 1. The summed E-state index contributed by atoms with van der Waals surface area (Å²) in [7, 11) is 1.56. The zero-order valence-corrected chi connectivity index (χ0v) is 14.0. The monoisotopic (exact) mass is 340 g/mol. The van der Waals surface area contributed by atoms with Gasteiger partial charge in [-0.3, -0.25) is 9.59 Å². The first-order valence-corrected chi connectivity index (χ1v) is 7.96. The Kier molecular flexibility index (Phi) is 6.89. The number of rotatable bonds is 8. The van der Waals surface area contributed by atoms with Crippen molar-refractivity contribution in [3.05, 3.63) is 24.3 Å². The lowest BCUT2D eigenvalue weighted by Gasteiger charge is -2.20. The van der Waals surface area contributed by atoms with E-state index in [4.69, 9.17) is 9.84 Å². The van der Waals surface area contributed by atoms with Crippen molar-refractivity contribution in [2.45, 2.75) is 19.4 Å². The Morgan fingerprint density at radius 2 is 1.70 bits per heavy atom. The van der Waals surface area contributed by atoms with E-state index in [1.807, 2.05) is 0 Å². The Morgan fingerprint density at radius 3 is 2.22 bits per heavy atom. The number of benzene rings is 1. The van der Waals surface area contributed by atoms with Gasteiger partial charge in [0, 0.05) is 5.69 Å². The summed E-state index contributed by atoms with van der Waals surface area (Å²) in [6.45, 7) is 2.79. The molecule has 0 radical (unpaired) electrons. The molecule has 7 nitrogen and oxygen atoms in total. The highest BCUT2D eigenvalue weighted by atomic mass is 32.2. The number of hydrogen-bond acceptors (Lipinski definition) is 5. The van der Waals surface area contributed by atoms with Gasteiger partial charge in [0.15, 0.2) is 0 Å². The van der Waals surface area contributed by atoms with E-state index in [0.29, 0.717) is 11.4 Å². The van der Waals surface area contributed by atoms with Gasteiger partial charge in [0.2, 0.25) is 11.8 Å². The summed E-state index contributed by atoms with van der Waals surface area (Å²) in [6.07, 6.45) is 0. The summed E-state index contributed by atoms with van der Waals surface area (Å²) in [6, 6.07) is 6.88.